The number of para-hydroxylation sites is 1. The third kappa shape index (κ3) is 8.05. The number of aromatic nitrogens is 1. The zero-order valence-electron chi connectivity index (χ0n) is 27.8. The summed E-state index contributed by atoms with van der Waals surface area (Å²) in [5.41, 5.74) is 3.54. The molecule has 0 spiro atoms. The van der Waals surface area contributed by atoms with Crippen molar-refractivity contribution < 1.29 is 24.3 Å². The van der Waals surface area contributed by atoms with Crippen LogP contribution in [0.25, 0.3) is 10.9 Å². The number of nitrogens with one attached hydrogen (secondary N) is 4. The lowest BCUT2D eigenvalue weighted by Crippen LogP contribution is -2.55. The summed E-state index contributed by atoms with van der Waals surface area (Å²) in [6.45, 7) is 0. The highest BCUT2D eigenvalue weighted by Gasteiger charge is 2.39. The number of carbonyl (C=O) groups excluding carboxylic acids is 3. The molecule has 51 heavy (non-hydrogen) atoms. The number of carboxylic acid groups (broad SMARTS) is 1. The highest BCUT2D eigenvalue weighted by Crippen LogP contribution is 2.37. The average molecular weight is 679 g/mol. The maximum Gasteiger partial charge on any atom is 0.326 e. The van der Waals surface area contributed by atoms with Gasteiger partial charge in [0.2, 0.25) is 17.7 Å². The number of amides is 3. The molecule has 0 saturated carbocycles. The van der Waals surface area contributed by atoms with E-state index in [4.69, 9.17) is 0 Å². The molecule has 1 aromatic heterocycles. The Kier molecular flexibility index (Phi) is 10.7. The number of benzene rings is 5. The number of carbonyl (C=O) groups is 4. The maximum atomic E-state index is 14.0. The van der Waals surface area contributed by atoms with E-state index < -0.39 is 47.7 Å². The third-order valence-electron chi connectivity index (χ3n) is 8.91. The Hall–Kier alpha value is -6.48. The van der Waals surface area contributed by atoms with Crippen LogP contribution in [0.1, 0.15) is 34.2 Å². The van der Waals surface area contributed by atoms with E-state index in [0.717, 1.165) is 38.7 Å². The van der Waals surface area contributed by atoms with Gasteiger partial charge in [-0.05, 0) is 33.9 Å². The molecule has 0 bridgehead atoms. The Labute approximate surface area is 295 Å². The highest BCUT2D eigenvalue weighted by atomic mass is 16.4. The van der Waals surface area contributed by atoms with Gasteiger partial charge in [-0.25, -0.2) is 4.79 Å². The number of hydrogen-bond acceptors (Lipinski definition) is 4. The average Bonchev–Trinajstić information content (AvgIpc) is 3.57. The summed E-state index contributed by atoms with van der Waals surface area (Å²) in [5.74, 6) is -3.10. The summed E-state index contributed by atoms with van der Waals surface area (Å²) in [6, 6.07) is 42.3. The summed E-state index contributed by atoms with van der Waals surface area (Å²) >= 11 is 0. The molecule has 0 unspecified atom stereocenters. The lowest BCUT2D eigenvalue weighted by Gasteiger charge is -2.37. The predicted octanol–water partition coefficient (Wildman–Crippen LogP) is 5.51. The molecule has 0 aliphatic heterocycles. The first kappa shape index (κ1) is 34.4. The van der Waals surface area contributed by atoms with Crippen molar-refractivity contribution in [1.29, 1.82) is 0 Å². The summed E-state index contributed by atoms with van der Waals surface area (Å²) in [5, 5.41) is 19.7. The van der Waals surface area contributed by atoms with E-state index in [2.05, 4.69) is 20.9 Å². The summed E-state index contributed by atoms with van der Waals surface area (Å²) in [6.07, 6.45) is 1.33. The van der Waals surface area contributed by atoms with E-state index in [1.807, 2.05) is 146 Å². The van der Waals surface area contributed by atoms with Crippen molar-refractivity contribution in [3.8, 4) is 0 Å². The van der Waals surface area contributed by atoms with Crippen LogP contribution in [0, 0.1) is 0 Å². The van der Waals surface area contributed by atoms with Gasteiger partial charge in [0.15, 0.2) is 0 Å². The fourth-order valence-electron chi connectivity index (χ4n) is 6.46. The summed E-state index contributed by atoms with van der Waals surface area (Å²) in [7, 11) is 0. The molecule has 3 amide bonds. The van der Waals surface area contributed by atoms with Gasteiger partial charge in [-0.2, -0.15) is 0 Å². The van der Waals surface area contributed by atoms with Crippen LogP contribution < -0.4 is 16.0 Å². The molecular weight excluding hydrogens is 640 g/mol. The van der Waals surface area contributed by atoms with Crippen molar-refractivity contribution in [1.82, 2.24) is 20.9 Å². The Morgan fingerprint density at radius 2 is 1.12 bits per heavy atom. The van der Waals surface area contributed by atoms with E-state index in [9.17, 15) is 24.3 Å². The maximum absolute atomic E-state index is 14.0. The fourth-order valence-corrected chi connectivity index (χ4v) is 6.46. The van der Waals surface area contributed by atoms with Gasteiger partial charge in [0, 0.05) is 23.5 Å². The van der Waals surface area contributed by atoms with E-state index in [0.29, 0.717) is 0 Å². The number of hydrogen-bond donors (Lipinski definition) is 5. The fraction of sp³-hybridized carbons (Fsp3) is 0.143. The third-order valence-corrected chi connectivity index (χ3v) is 8.91. The summed E-state index contributed by atoms with van der Waals surface area (Å²) in [4.78, 5) is 57.0. The van der Waals surface area contributed by atoms with Gasteiger partial charge in [0.25, 0.3) is 0 Å². The van der Waals surface area contributed by atoms with Crippen LogP contribution in [0.4, 0.5) is 0 Å². The van der Waals surface area contributed by atoms with Crippen molar-refractivity contribution in [2.24, 2.45) is 0 Å². The largest absolute Gasteiger partial charge is 0.480 e. The molecular formula is C42H38N4O5. The molecule has 0 saturated heterocycles. The molecule has 1 heterocycles. The van der Waals surface area contributed by atoms with E-state index in [1.165, 1.54) is 0 Å². The molecule has 2 atom stereocenters. The molecule has 9 heteroatoms. The van der Waals surface area contributed by atoms with Crippen LogP contribution in [-0.2, 0) is 37.6 Å². The lowest BCUT2D eigenvalue weighted by molar-refractivity contribution is -0.144. The molecule has 6 aromatic rings. The normalized spacial score (nSPS) is 12.4. The van der Waals surface area contributed by atoms with Crippen molar-refractivity contribution in [2.45, 2.75) is 36.9 Å². The Morgan fingerprint density at radius 1 is 0.608 bits per heavy atom. The van der Waals surface area contributed by atoms with Crippen molar-refractivity contribution in [2.75, 3.05) is 0 Å². The van der Waals surface area contributed by atoms with Crippen LogP contribution in [0.15, 0.2) is 152 Å². The molecule has 5 aromatic carbocycles. The number of rotatable bonds is 14. The smallest absolute Gasteiger partial charge is 0.326 e. The second-order valence-corrected chi connectivity index (χ2v) is 12.3. The quantitative estimate of drug-likeness (QED) is 0.0968. The zero-order chi connectivity index (χ0) is 35.6. The van der Waals surface area contributed by atoms with Crippen molar-refractivity contribution >= 4 is 34.6 Å². The van der Waals surface area contributed by atoms with Crippen molar-refractivity contribution in [3.05, 3.63) is 180 Å². The number of H-pyrrole nitrogens is 1. The first-order valence-corrected chi connectivity index (χ1v) is 16.7. The van der Waals surface area contributed by atoms with Gasteiger partial charge in [-0.3, -0.25) is 14.4 Å². The van der Waals surface area contributed by atoms with Gasteiger partial charge < -0.3 is 26.0 Å². The van der Waals surface area contributed by atoms with E-state index in [1.54, 1.807) is 6.20 Å². The van der Waals surface area contributed by atoms with Crippen LogP contribution in [0.2, 0.25) is 0 Å². The second-order valence-electron chi connectivity index (χ2n) is 12.3. The Morgan fingerprint density at radius 3 is 1.67 bits per heavy atom. The molecule has 256 valence electrons. The monoisotopic (exact) mass is 678 g/mol. The van der Waals surface area contributed by atoms with Crippen LogP contribution in [-0.4, -0.2) is 45.9 Å². The zero-order valence-corrected chi connectivity index (χ0v) is 27.8. The van der Waals surface area contributed by atoms with Crippen molar-refractivity contribution in [3.63, 3.8) is 0 Å². The molecule has 0 fully saturated rings. The SMILES string of the molecule is O=C(Cc1ccccc1)N[C@@H](Cc1c[nH]c2ccccc12)C(=O)N[C@@H](CC(=O)NC(c1ccccc1)(c1ccccc1)c1ccccc1)C(=O)O. The van der Waals surface area contributed by atoms with Gasteiger partial charge >= 0.3 is 5.97 Å². The number of aliphatic carboxylic acids is 1. The first-order valence-electron chi connectivity index (χ1n) is 16.7. The Bertz CT molecular complexity index is 2000. The minimum Gasteiger partial charge on any atom is -0.480 e. The highest BCUT2D eigenvalue weighted by molar-refractivity contribution is 5.94. The molecule has 9 nitrogen and oxygen atoms in total. The minimum atomic E-state index is -1.59. The standard InChI is InChI=1S/C42H38N4O5/c47-38(25-29-15-5-1-6-16-29)44-36(26-30-28-43-35-24-14-13-23-34(30)35)40(49)45-37(41(50)51)27-39(48)46-42(31-17-7-2-8-18-31,32-19-9-3-10-20-32)33-21-11-4-12-22-33/h1-24,28,36-37,43H,25-27H2,(H,44,47)(H,45,49)(H,46,48)(H,50,51)/t36-,37-/m0/s1. The minimum absolute atomic E-state index is 0.0316. The molecule has 0 radical (unpaired) electrons. The molecule has 0 aliphatic carbocycles. The Balaban J connectivity index is 1.26. The first-order chi connectivity index (χ1) is 24.8. The van der Waals surface area contributed by atoms with E-state index >= 15 is 0 Å². The summed E-state index contributed by atoms with van der Waals surface area (Å²) < 4.78 is 0. The molecule has 5 N–H and O–H groups in total. The van der Waals surface area contributed by atoms with E-state index in [-0.39, 0.29) is 12.8 Å². The topological polar surface area (TPSA) is 140 Å². The molecule has 6 rings (SSSR count). The van der Waals surface area contributed by atoms with Gasteiger partial charge in [-0.1, -0.05) is 140 Å². The second kappa shape index (κ2) is 15.8. The van der Waals surface area contributed by atoms with Gasteiger partial charge in [0.1, 0.15) is 17.6 Å². The van der Waals surface area contributed by atoms with Gasteiger partial charge in [-0.15, -0.1) is 0 Å². The number of carboxylic acids is 1. The predicted molar refractivity (Wildman–Crippen MR) is 196 cm³/mol. The van der Waals surface area contributed by atoms with Gasteiger partial charge in [0.05, 0.1) is 12.8 Å². The van der Waals surface area contributed by atoms with Crippen LogP contribution >= 0.6 is 0 Å². The molecule has 0 aliphatic rings. The lowest BCUT2D eigenvalue weighted by atomic mass is 9.77. The number of aromatic amines is 1. The van der Waals surface area contributed by atoms with Crippen LogP contribution in [0.5, 0.6) is 0 Å². The van der Waals surface area contributed by atoms with Crippen LogP contribution in [0.3, 0.4) is 0 Å². The number of fused-ring (bicyclic) bond motifs is 1.